The predicted octanol–water partition coefficient (Wildman–Crippen LogP) is 3.61. The van der Waals surface area contributed by atoms with E-state index < -0.39 is 0 Å². The number of hydrogen-bond donors (Lipinski definition) is 2. The summed E-state index contributed by atoms with van der Waals surface area (Å²) in [7, 11) is 1.60. The molecule has 1 aromatic carbocycles. The Morgan fingerprint density at radius 1 is 1.19 bits per heavy atom. The second kappa shape index (κ2) is 7.41. The van der Waals surface area contributed by atoms with Crippen molar-refractivity contribution in [2.45, 2.75) is 50.4 Å². The second-order valence-electron chi connectivity index (χ2n) is 7.10. The van der Waals surface area contributed by atoms with Gasteiger partial charge in [-0.15, -0.1) is 0 Å². The number of para-hydroxylation sites is 2. The number of nitrogens with one attached hydrogen (secondary N) is 2. The van der Waals surface area contributed by atoms with Gasteiger partial charge in [0.25, 0.3) is 0 Å². The lowest BCUT2D eigenvalue weighted by Crippen LogP contribution is -2.50. The minimum Gasteiger partial charge on any atom is -0.495 e. The molecule has 2 N–H and O–H groups in total. The highest BCUT2D eigenvalue weighted by Gasteiger charge is 2.41. The number of benzene rings is 1. The first-order valence-electron chi connectivity index (χ1n) is 9.21. The maximum atomic E-state index is 12.4. The highest BCUT2D eigenvalue weighted by molar-refractivity contribution is 5.91. The Labute approximate surface area is 153 Å². The van der Waals surface area contributed by atoms with Gasteiger partial charge in [0.15, 0.2) is 0 Å². The zero-order valence-corrected chi connectivity index (χ0v) is 15.0. The molecule has 4 rings (SSSR count). The number of methoxy groups -OCH3 is 1. The summed E-state index contributed by atoms with van der Waals surface area (Å²) in [6.07, 6.45) is 6.08. The molecule has 2 bridgehead atoms. The molecule has 2 aliphatic heterocycles. The number of furan rings is 1. The quantitative estimate of drug-likeness (QED) is 0.860. The molecule has 3 heterocycles. The molecule has 2 amide bonds. The van der Waals surface area contributed by atoms with E-state index in [4.69, 9.17) is 9.15 Å². The summed E-state index contributed by atoms with van der Waals surface area (Å²) in [5.74, 6) is 1.68. The number of fused-ring (bicyclic) bond motifs is 2. The van der Waals surface area contributed by atoms with Crippen molar-refractivity contribution in [1.82, 2.24) is 10.2 Å². The van der Waals surface area contributed by atoms with Crippen molar-refractivity contribution in [3.8, 4) is 5.75 Å². The Balaban J connectivity index is 1.33. The minimum absolute atomic E-state index is 0.168. The zero-order valence-electron chi connectivity index (χ0n) is 15.0. The molecule has 2 aliphatic rings. The van der Waals surface area contributed by atoms with Crippen LogP contribution >= 0.6 is 0 Å². The van der Waals surface area contributed by atoms with Crippen molar-refractivity contribution >= 4 is 11.7 Å². The summed E-state index contributed by atoms with van der Waals surface area (Å²) in [4.78, 5) is 15.0. The third-order valence-corrected chi connectivity index (χ3v) is 5.49. The van der Waals surface area contributed by atoms with E-state index in [-0.39, 0.29) is 12.1 Å². The van der Waals surface area contributed by atoms with Crippen molar-refractivity contribution < 1.29 is 13.9 Å². The first-order valence-corrected chi connectivity index (χ1v) is 9.21. The van der Waals surface area contributed by atoms with Crippen LogP contribution in [-0.2, 0) is 6.54 Å². The predicted molar refractivity (Wildman–Crippen MR) is 99.2 cm³/mol. The number of carbonyl (C=O) groups excluding carboxylic acids is 1. The summed E-state index contributed by atoms with van der Waals surface area (Å²) >= 11 is 0. The van der Waals surface area contributed by atoms with Gasteiger partial charge in [0.1, 0.15) is 11.5 Å². The van der Waals surface area contributed by atoms with Crippen LogP contribution in [0.1, 0.15) is 31.4 Å². The van der Waals surface area contributed by atoms with Crippen LogP contribution in [-0.4, -0.2) is 36.2 Å². The number of urea groups is 1. The topological polar surface area (TPSA) is 66.7 Å². The van der Waals surface area contributed by atoms with E-state index in [2.05, 4.69) is 15.5 Å². The van der Waals surface area contributed by atoms with Crippen LogP contribution in [0, 0.1) is 0 Å². The van der Waals surface area contributed by atoms with E-state index in [1.807, 2.05) is 36.4 Å². The van der Waals surface area contributed by atoms with Gasteiger partial charge < -0.3 is 19.8 Å². The molecule has 2 saturated heterocycles. The van der Waals surface area contributed by atoms with Gasteiger partial charge in [0, 0.05) is 18.1 Å². The Hall–Kier alpha value is -2.47. The average molecular weight is 355 g/mol. The zero-order chi connectivity index (χ0) is 17.9. The molecule has 138 valence electrons. The molecule has 2 aromatic rings. The van der Waals surface area contributed by atoms with Gasteiger partial charge >= 0.3 is 6.03 Å². The third kappa shape index (κ3) is 3.55. The number of rotatable bonds is 5. The van der Waals surface area contributed by atoms with E-state index >= 15 is 0 Å². The van der Waals surface area contributed by atoms with Gasteiger partial charge in [-0.3, -0.25) is 4.90 Å². The summed E-state index contributed by atoms with van der Waals surface area (Å²) in [5.41, 5.74) is 0.686. The minimum atomic E-state index is -0.168. The molecule has 2 unspecified atom stereocenters. The molecule has 1 aromatic heterocycles. The monoisotopic (exact) mass is 355 g/mol. The van der Waals surface area contributed by atoms with Gasteiger partial charge in [-0.25, -0.2) is 4.79 Å². The van der Waals surface area contributed by atoms with Crippen molar-refractivity contribution in [2.75, 3.05) is 12.4 Å². The molecule has 26 heavy (non-hydrogen) atoms. The van der Waals surface area contributed by atoms with Gasteiger partial charge in [-0.05, 0) is 49.9 Å². The largest absolute Gasteiger partial charge is 0.495 e. The normalized spacial score (nSPS) is 25.0. The number of ether oxygens (including phenoxy) is 1. The number of hydrogen-bond acceptors (Lipinski definition) is 4. The van der Waals surface area contributed by atoms with Gasteiger partial charge in [0.2, 0.25) is 0 Å². The fourth-order valence-corrected chi connectivity index (χ4v) is 4.32. The van der Waals surface area contributed by atoms with E-state index in [9.17, 15) is 4.79 Å². The van der Waals surface area contributed by atoms with Gasteiger partial charge in [0.05, 0.1) is 25.6 Å². The first kappa shape index (κ1) is 17.0. The molecule has 0 spiro atoms. The Bertz CT molecular complexity index is 733. The number of nitrogens with zero attached hydrogens (tertiary/aromatic N) is 1. The molecule has 2 fully saturated rings. The van der Waals surface area contributed by atoms with Crippen LogP contribution in [0.4, 0.5) is 10.5 Å². The number of anilines is 1. The lowest BCUT2D eigenvalue weighted by molar-refractivity contribution is 0.104. The fraction of sp³-hybridized carbons (Fsp3) is 0.450. The summed E-state index contributed by atoms with van der Waals surface area (Å²) in [6.45, 7) is 0.864. The molecule has 2 atom stereocenters. The maximum absolute atomic E-state index is 12.4. The molecule has 0 aliphatic carbocycles. The average Bonchev–Trinajstić information content (AvgIpc) is 3.22. The van der Waals surface area contributed by atoms with E-state index in [0.29, 0.717) is 23.5 Å². The number of carbonyl (C=O) groups is 1. The number of piperidine rings is 1. The molecule has 6 heteroatoms. The lowest BCUT2D eigenvalue weighted by Gasteiger charge is -2.38. The molecule has 0 radical (unpaired) electrons. The fourth-order valence-electron chi connectivity index (χ4n) is 4.32. The standard InChI is InChI=1S/C20H25N3O3/c1-25-19-7-3-2-6-18(19)22-20(24)21-14-11-15-8-9-16(12-14)23(15)13-17-5-4-10-26-17/h2-7,10,14-16H,8-9,11-13H2,1H3,(H2,21,22,24). The summed E-state index contributed by atoms with van der Waals surface area (Å²) < 4.78 is 10.8. The first-order chi connectivity index (χ1) is 12.7. The van der Waals surface area contributed by atoms with Gasteiger partial charge in [-0.1, -0.05) is 12.1 Å². The van der Waals surface area contributed by atoms with Crippen LogP contribution in [0.3, 0.4) is 0 Å². The molecular formula is C20H25N3O3. The molecule has 6 nitrogen and oxygen atoms in total. The van der Waals surface area contributed by atoms with Crippen molar-refractivity contribution in [3.63, 3.8) is 0 Å². The molecule has 0 saturated carbocycles. The van der Waals surface area contributed by atoms with Crippen LogP contribution in [0.2, 0.25) is 0 Å². The SMILES string of the molecule is COc1ccccc1NC(=O)NC1CC2CCC(C1)N2Cc1ccco1. The van der Waals surface area contributed by atoms with Crippen molar-refractivity contribution in [1.29, 1.82) is 0 Å². The molecular weight excluding hydrogens is 330 g/mol. The lowest BCUT2D eigenvalue weighted by atomic mass is 9.97. The summed E-state index contributed by atoms with van der Waals surface area (Å²) in [6, 6.07) is 12.5. The van der Waals surface area contributed by atoms with E-state index in [0.717, 1.165) is 25.1 Å². The second-order valence-corrected chi connectivity index (χ2v) is 7.10. The summed E-state index contributed by atoms with van der Waals surface area (Å²) in [5, 5.41) is 6.05. The Morgan fingerprint density at radius 2 is 1.96 bits per heavy atom. The highest BCUT2D eigenvalue weighted by atomic mass is 16.5. The van der Waals surface area contributed by atoms with Crippen LogP contribution in [0.15, 0.2) is 47.1 Å². The van der Waals surface area contributed by atoms with E-state index in [1.165, 1.54) is 12.8 Å². The smallest absolute Gasteiger partial charge is 0.319 e. The maximum Gasteiger partial charge on any atom is 0.319 e. The van der Waals surface area contributed by atoms with Gasteiger partial charge in [-0.2, -0.15) is 0 Å². The van der Waals surface area contributed by atoms with Crippen molar-refractivity contribution in [2.24, 2.45) is 0 Å². The van der Waals surface area contributed by atoms with Crippen molar-refractivity contribution in [3.05, 3.63) is 48.4 Å². The number of amides is 2. The third-order valence-electron chi connectivity index (χ3n) is 5.49. The van der Waals surface area contributed by atoms with Crippen LogP contribution < -0.4 is 15.4 Å². The van der Waals surface area contributed by atoms with Crippen LogP contribution in [0.5, 0.6) is 5.75 Å². The van der Waals surface area contributed by atoms with E-state index in [1.54, 1.807) is 13.4 Å². The van der Waals surface area contributed by atoms with Crippen LogP contribution in [0.25, 0.3) is 0 Å². The Kier molecular flexibility index (Phi) is 4.84. The highest BCUT2D eigenvalue weighted by Crippen LogP contribution is 2.37. The Morgan fingerprint density at radius 3 is 2.65 bits per heavy atom.